The van der Waals surface area contributed by atoms with Gasteiger partial charge in [0.2, 0.25) is 5.91 Å². The molecule has 7 heteroatoms. The van der Waals surface area contributed by atoms with Gasteiger partial charge in [-0.2, -0.15) is 0 Å². The van der Waals surface area contributed by atoms with Crippen LogP contribution in [0.25, 0.3) is 0 Å². The number of imide groups is 1. The van der Waals surface area contributed by atoms with Crippen LogP contribution in [0.4, 0.5) is 11.4 Å². The topological polar surface area (TPSA) is 68.3 Å². The summed E-state index contributed by atoms with van der Waals surface area (Å²) in [7, 11) is 3.17. The van der Waals surface area contributed by atoms with Crippen molar-refractivity contribution < 1.29 is 23.9 Å². The van der Waals surface area contributed by atoms with Crippen LogP contribution in [0.2, 0.25) is 0 Å². The Hall–Kier alpha value is -3.84. The zero-order valence-corrected chi connectivity index (χ0v) is 17.7. The third kappa shape index (κ3) is 3.18. The van der Waals surface area contributed by atoms with E-state index in [9.17, 15) is 9.59 Å². The maximum atomic E-state index is 13.6. The van der Waals surface area contributed by atoms with E-state index in [1.54, 1.807) is 43.5 Å². The van der Waals surface area contributed by atoms with E-state index in [-0.39, 0.29) is 11.8 Å². The van der Waals surface area contributed by atoms with Gasteiger partial charge in [0, 0.05) is 0 Å². The fourth-order valence-electron chi connectivity index (χ4n) is 4.34. The third-order valence-corrected chi connectivity index (χ3v) is 5.91. The number of methoxy groups -OCH3 is 2. The number of fused-ring (bicyclic) bond motifs is 1. The van der Waals surface area contributed by atoms with E-state index in [0.29, 0.717) is 17.2 Å². The molecule has 162 valence electrons. The molecule has 0 saturated carbocycles. The number of rotatable bonds is 5. The molecule has 3 atom stereocenters. The fourth-order valence-corrected chi connectivity index (χ4v) is 4.34. The van der Waals surface area contributed by atoms with E-state index >= 15 is 0 Å². The van der Waals surface area contributed by atoms with Gasteiger partial charge in [-0.25, -0.2) is 9.96 Å². The van der Waals surface area contributed by atoms with Gasteiger partial charge in [0.05, 0.1) is 31.6 Å². The fraction of sp³-hybridized carbons (Fsp3) is 0.200. The van der Waals surface area contributed by atoms with Crippen LogP contribution in [0.5, 0.6) is 11.5 Å². The predicted molar refractivity (Wildman–Crippen MR) is 119 cm³/mol. The Kier molecular flexibility index (Phi) is 5.03. The Morgan fingerprint density at radius 2 is 1.31 bits per heavy atom. The molecule has 5 rings (SSSR count). The van der Waals surface area contributed by atoms with Crippen LogP contribution in [0.15, 0.2) is 78.9 Å². The van der Waals surface area contributed by atoms with E-state index < -0.39 is 18.1 Å². The number of hydrogen-bond donors (Lipinski definition) is 0. The monoisotopic (exact) mass is 430 g/mol. The second-order valence-electron chi connectivity index (χ2n) is 7.64. The Bertz CT molecular complexity index is 1130. The van der Waals surface area contributed by atoms with E-state index in [1.807, 2.05) is 54.6 Å². The maximum absolute atomic E-state index is 13.6. The molecule has 0 radical (unpaired) electrons. The summed E-state index contributed by atoms with van der Waals surface area (Å²) in [5.74, 6) is 0.0181. The van der Waals surface area contributed by atoms with Crippen LogP contribution in [0.3, 0.4) is 0 Å². The van der Waals surface area contributed by atoms with Crippen molar-refractivity contribution in [3.05, 3.63) is 84.4 Å². The summed E-state index contributed by atoms with van der Waals surface area (Å²) in [6.45, 7) is 0. The van der Waals surface area contributed by atoms with Gasteiger partial charge >= 0.3 is 0 Å². The first-order valence-corrected chi connectivity index (χ1v) is 10.3. The van der Waals surface area contributed by atoms with Crippen LogP contribution >= 0.6 is 0 Å². The number of para-hydroxylation sites is 1. The average Bonchev–Trinajstić information content (AvgIpc) is 3.36. The molecule has 32 heavy (non-hydrogen) atoms. The molecule has 0 unspecified atom stereocenters. The van der Waals surface area contributed by atoms with Gasteiger partial charge in [0.15, 0.2) is 6.10 Å². The highest BCUT2D eigenvalue weighted by atomic mass is 16.7. The van der Waals surface area contributed by atoms with Gasteiger partial charge in [-0.1, -0.05) is 30.3 Å². The summed E-state index contributed by atoms with van der Waals surface area (Å²) in [6.07, 6.45) is -0.906. The van der Waals surface area contributed by atoms with E-state index in [0.717, 1.165) is 11.3 Å². The number of amides is 2. The van der Waals surface area contributed by atoms with E-state index in [1.165, 1.54) is 4.90 Å². The molecule has 2 amide bonds. The van der Waals surface area contributed by atoms with Crippen molar-refractivity contribution in [2.75, 3.05) is 24.2 Å². The zero-order valence-electron chi connectivity index (χ0n) is 17.7. The van der Waals surface area contributed by atoms with Crippen molar-refractivity contribution in [3.63, 3.8) is 0 Å². The minimum absolute atomic E-state index is 0.288. The van der Waals surface area contributed by atoms with Crippen LogP contribution in [-0.4, -0.2) is 32.1 Å². The summed E-state index contributed by atoms with van der Waals surface area (Å²) in [4.78, 5) is 34.2. The summed E-state index contributed by atoms with van der Waals surface area (Å²) in [5.41, 5.74) is 2.14. The standard InChI is InChI=1S/C25H22N2O5/c1-30-19-12-8-16(9-13-19)22-21-23(32-27(22)18-6-4-3-5-7-18)25(29)26(24(21)28)17-10-14-20(31-2)15-11-17/h3-15,21-23H,1-2H3/t21-,22+,23+/m0/s1. The highest BCUT2D eigenvalue weighted by Gasteiger charge is 2.60. The smallest absolute Gasteiger partial charge is 0.266 e. The van der Waals surface area contributed by atoms with Gasteiger partial charge in [-0.3, -0.25) is 14.4 Å². The zero-order chi connectivity index (χ0) is 22.2. The molecule has 0 spiro atoms. The average molecular weight is 430 g/mol. The molecular weight excluding hydrogens is 408 g/mol. The Morgan fingerprint density at radius 1 is 0.719 bits per heavy atom. The number of carbonyl (C=O) groups is 2. The molecule has 3 aromatic carbocycles. The molecule has 0 bridgehead atoms. The van der Waals surface area contributed by atoms with Crippen LogP contribution in [0.1, 0.15) is 11.6 Å². The van der Waals surface area contributed by atoms with Crippen molar-refractivity contribution in [1.82, 2.24) is 0 Å². The number of carbonyl (C=O) groups excluding carboxylic acids is 2. The van der Waals surface area contributed by atoms with Gasteiger partial charge in [-0.05, 0) is 54.1 Å². The molecule has 0 aromatic heterocycles. The molecule has 0 aliphatic carbocycles. The summed E-state index contributed by atoms with van der Waals surface area (Å²) >= 11 is 0. The first-order valence-electron chi connectivity index (χ1n) is 10.3. The van der Waals surface area contributed by atoms with Crippen molar-refractivity contribution in [2.45, 2.75) is 12.1 Å². The molecule has 2 fully saturated rings. The lowest BCUT2D eigenvalue weighted by Crippen LogP contribution is -2.37. The van der Waals surface area contributed by atoms with Crippen LogP contribution in [0, 0.1) is 5.92 Å². The largest absolute Gasteiger partial charge is 0.497 e. The second kappa shape index (κ2) is 8.01. The number of nitrogens with zero attached hydrogens (tertiary/aromatic N) is 2. The van der Waals surface area contributed by atoms with E-state index in [4.69, 9.17) is 14.3 Å². The van der Waals surface area contributed by atoms with Crippen molar-refractivity contribution in [2.24, 2.45) is 5.92 Å². The van der Waals surface area contributed by atoms with Crippen LogP contribution in [-0.2, 0) is 14.4 Å². The highest BCUT2D eigenvalue weighted by Crippen LogP contribution is 2.47. The number of hydroxylamine groups is 1. The van der Waals surface area contributed by atoms with E-state index in [2.05, 4.69) is 0 Å². The molecule has 2 heterocycles. The Labute approximate surface area is 185 Å². The van der Waals surface area contributed by atoms with Gasteiger partial charge in [0.1, 0.15) is 17.4 Å². The predicted octanol–water partition coefficient (Wildman–Crippen LogP) is 3.75. The highest BCUT2D eigenvalue weighted by molar-refractivity contribution is 6.23. The third-order valence-electron chi connectivity index (χ3n) is 5.91. The van der Waals surface area contributed by atoms with Gasteiger partial charge in [-0.15, -0.1) is 0 Å². The van der Waals surface area contributed by atoms with Crippen molar-refractivity contribution in [3.8, 4) is 11.5 Å². The van der Waals surface area contributed by atoms with Crippen molar-refractivity contribution in [1.29, 1.82) is 0 Å². The lowest BCUT2D eigenvalue weighted by Gasteiger charge is -2.28. The second-order valence-corrected chi connectivity index (χ2v) is 7.64. The summed E-state index contributed by atoms with van der Waals surface area (Å²) in [6, 6.07) is 23.4. The van der Waals surface area contributed by atoms with Crippen LogP contribution < -0.4 is 19.4 Å². The molecular formula is C25H22N2O5. The molecule has 0 N–H and O–H groups in total. The summed E-state index contributed by atoms with van der Waals surface area (Å²) in [5, 5.41) is 1.68. The molecule has 2 aliphatic rings. The molecule has 2 saturated heterocycles. The van der Waals surface area contributed by atoms with Gasteiger partial charge in [0.25, 0.3) is 5.91 Å². The number of benzene rings is 3. The van der Waals surface area contributed by atoms with Crippen molar-refractivity contribution >= 4 is 23.2 Å². The molecule has 2 aliphatic heterocycles. The minimum Gasteiger partial charge on any atom is -0.497 e. The number of anilines is 2. The lowest BCUT2D eigenvalue weighted by molar-refractivity contribution is -0.126. The lowest BCUT2D eigenvalue weighted by atomic mass is 9.90. The molecule has 7 nitrogen and oxygen atoms in total. The normalized spacial score (nSPS) is 22.2. The SMILES string of the molecule is COc1ccc([C@@H]2[C@@H]3C(=O)N(c4ccc(OC)cc4)C(=O)[C@@H]3ON2c2ccccc2)cc1. The van der Waals surface area contributed by atoms with Gasteiger partial charge < -0.3 is 9.47 Å². The first-order chi connectivity index (χ1) is 15.6. The Balaban J connectivity index is 1.55. The summed E-state index contributed by atoms with van der Waals surface area (Å²) < 4.78 is 10.5. The number of hydrogen-bond acceptors (Lipinski definition) is 6. The first kappa shape index (κ1) is 20.1. The quantitative estimate of drug-likeness (QED) is 0.575. The molecule has 3 aromatic rings. The minimum atomic E-state index is -0.906. The maximum Gasteiger partial charge on any atom is 0.266 e. The number of ether oxygens (including phenoxy) is 2. The Morgan fingerprint density at radius 3 is 1.91 bits per heavy atom.